The first-order valence-corrected chi connectivity index (χ1v) is 11.7. The molecule has 0 bridgehead atoms. The van der Waals surface area contributed by atoms with Gasteiger partial charge in [-0.25, -0.2) is 9.97 Å². The number of amides is 1. The van der Waals surface area contributed by atoms with Crippen LogP contribution in [0, 0.1) is 19.8 Å². The second kappa shape index (κ2) is 9.09. The number of aryl methyl sites for hydroxylation is 2. The van der Waals surface area contributed by atoms with E-state index in [0.717, 1.165) is 17.3 Å². The van der Waals surface area contributed by atoms with Gasteiger partial charge in [-0.15, -0.1) is 0 Å². The Hall–Kier alpha value is -4.09. The highest BCUT2D eigenvalue weighted by molar-refractivity contribution is 5.97. The number of nitrogens with one attached hydrogen (secondary N) is 2. The minimum atomic E-state index is -4.68. The van der Waals surface area contributed by atoms with Crippen molar-refractivity contribution in [1.29, 1.82) is 0 Å². The molecule has 5 rings (SSSR count). The molecule has 2 unspecified atom stereocenters. The Bertz CT molecular complexity index is 1460. The van der Waals surface area contributed by atoms with Crippen molar-refractivity contribution in [2.75, 3.05) is 18.4 Å². The average Bonchev–Trinajstić information content (AvgIpc) is 3.41. The molecule has 2 N–H and O–H groups in total. The third kappa shape index (κ3) is 4.58. The molecule has 0 aliphatic carbocycles. The molecular weight excluding hydrogens is 489 g/mol. The van der Waals surface area contributed by atoms with Crippen molar-refractivity contribution >= 4 is 22.9 Å². The summed E-state index contributed by atoms with van der Waals surface area (Å²) in [6.45, 7) is 6.02. The Morgan fingerprint density at radius 3 is 2.76 bits per heavy atom. The fourth-order valence-electron chi connectivity index (χ4n) is 4.83. The highest BCUT2D eigenvalue weighted by Crippen LogP contribution is 2.40. The molecule has 37 heavy (non-hydrogen) atoms. The number of fused-ring (bicyclic) bond motifs is 1. The van der Waals surface area contributed by atoms with Crippen molar-refractivity contribution in [1.82, 2.24) is 25.0 Å². The molecular formula is C25H24F3N6O3-. The van der Waals surface area contributed by atoms with Crippen molar-refractivity contribution < 1.29 is 27.6 Å². The summed E-state index contributed by atoms with van der Waals surface area (Å²) in [4.78, 5) is 23.7. The Morgan fingerprint density at radius 2 is 2.08 bits per heavy atom. The number of carbonyl (C=O) groups excluding carboxylic acids is 1. The maximum Gasteiger partial charge on any atom is 0.419 e. The van der Waals surface area contributed by atoms with Crippen molar-refractivity contribution in [2.24, 2.45) is 5.92 Å². The zero-order chi connectivity index (χ0) is 26.5. The SMILES string of the molecule is Cc1noc(C)c1-c1ccc2c(-c3nc(NC4CN(C(=O)[O-])CCC4C)ncc3C(F)(F)F)c[nH]c2c1. The van der Waals surface area contributed by atoms with Gasteiger partial charge in [0.2, 0.25) is 5.95 Å². The molecule has 1 amide bonds. The van der Waals surface area contributed by atoms with Crippen LogP contribution in [0.3, 0.4) is 0 Å². The molecule has 1 aliphatic rings. The summed E-state index contributed by atoms with van der Waals surface area (Å²) >= 11 is 0. The van der Waals surface area contributed by atoms with Gasteiger partial charge in [-0.3, -0.25) is 0 Å². The molecule has 1 aliphatic heterocycles. The third-order valence-corrected chi connectivity index (χ3v) is 6.88. The van der Waals surface area contributed by atoms with Gasteiger partial charge in [-0.05, 0) is 37.8 Å². The molecule has 9 nitrogen and oxygen atoms in total. The highest BCUT2D eigenvalue weighted by atomic mass is 19.4. The molecule has 1 fully saturated rings. The third-order valence-electron chi connectivity index (χ3n) is 6.88. The van der Waals surface area contributed by atoms with E-state index < -0.39 is 17.8 Å². The summed E-state index contributed by atoms with van der Waals surface area (Å²) < 4.78 is 47.1. The maximum absolute atomic E-state index is 14.0. The molecule has 12 heteroatoms. The number of benzene rings is 1. The van der Waals surface area contributed by atoms with E-state index in [1.165, 1.54) is 11.1 Å². The van der Waals surface area contributed by atoms with Crippen molar-refractivity contribution in [3.63, 3.8) is 0 Å². The Balaban J connectivity index is 1.54. The zero-order valence-electron chi connectivity index (χ0n) is 20.3. The van der Waals surface area contributed by atoms with Crippen LogP contribution in [0.4, 0.5) is 23.9 Å². The quantitative estimate of drug-likeness (QED) is 0.415. The molecule has 194 valence electrons. The zero-order valence-corrected chi connectivity index (χ0v) is 20.3. The van der Waals surface area contributed by atoms with Crippen LogP contribution in [0.25, 0.3) is 33.3 Å². The number of hydrogen-bond acceptors (Lipinski definition) is 7. The van der Waals surface area contributed by atoms with E-state index in [2.05, 4.69) is 25.4 Å². The van der Waals surface area contributed by atoms with Crippen LogP contribution < -0.4 is 10.4 Å². The fraction of sp³-hybridized carbons (Fsp3) is 0.360. The smallest absolute Gasteiger partial charge is 0.419 e. The number of H-pyrrole nitrogens is 1. The molecule has 0 saturated carbocycles. The summed E-state index contributed by atoms with van der Waals surface area (Å²) in [7, 11) is 0. The van der Waals surface area contributed by atoms with E-state index in [-0.39, 0.29) is 35.7 Å². The fourth-order valence-corrected chi connectivity index (χ4v) is 4.83. The molecule has 0 radical (unpaired) electrons. The van der Waals surface area contributed by atoms with Gasteiger partial charge in [0.1, 0.15) is 17.4 Å². The summed E-state index contributed by atoms with van der Waals surface area (Å²) in [6.07, 6.45) is -3.15. The molecule has 1 aromatic carbocycles. The predicted molar refractivity (Wildman–Crippen MR) is 127 cm³/mol. The first-order chi connectivity index (χ1) is 17.5. The first kappa shape index (κ1) is 24.6. The molecule has 4 aromatic rings. The number of carboxylic acid groups (broad SMARTS) is 1. The van der Waals surface area contributed by atoms with E-state index in [1.54, 1.807) is 19.1 Å². The summed E-state index contributed by atoms with van der Waals surface area (Å²) in [6, 6.07) is 4.99. The first-order valence-electron chi connectivity index (χ1n) is 11.7. The van der Waals surface area contributed by atoms with Crippen LogP contribution >= 0.6 is 0 Å². The van der Waals surface area contributed by atoms with Gasteiger partial charge in [0.05, 0.1) is 11.4 Å². The van der Waals surface area contributed by atoms with Gasteiger partial charge >= 0.3 is 6.18 Å². The maximum atomic E-state index is 14.0. The second-order valence-corrected chi connectivity index (χ2v) is 9.34. The summed E-state index contributed by atoms with van der Waals surface area (Å²) in [5.74, 6) is 0.686. The van der Waals surface area contributed by atoms with E-state index in [9.17, 15) is 23.1 Å². The lowest BCUT2D eigenvalue weighted by Crippen LogP contribution is -2.53. The number of aromatic nitrogens is 4. The number of hydrogen-bond donors (Lipinski definition) is 2. The molecule has 1 saturated heterocycles. The number of likely N-dealkylation sites (tertiary alicyclic amines) is 1. The van der Waals surface area contributed by atoms with E-state index in [1.807, 2.05) is 19.9 Å². The van der Waals surface area contributed by atoms with Gasteiger partial charge < -0.3 is 29.6 Å². The van der Waals surface area contributed by atoms with Crippen LogP contribution in [-0.4, -0.2) is 50.2 Å². The number of rotatable bonds is 4. The monoisotopic (exact) mass is 513 g/mol. The lowest BCUT2D eigenvalue weighted by molar-refractivity contribution is -0.266. The van der Waals surface area contributed by atoms with Crippen molar-refractivity contribution in [3.05, 3.63) is 47.6 Å². The number of nitrogens with zero attached hydrogens (tertiary/aromatic N) is 4. The van der Waals surface area contributed by atoms with E-state index >= 15 is 0 Å². The van der Waals surface area contributed by atoms with Gasteiger partial charge in [0.25, 0.3) is 0 Å². The van der Waals surface area contributed by atoms with Crippen molar-refractivity contribution in [2.45, 2.75) is 39.4 Å². The van der Waals surface area contributed by atoms with Crippen LogP contribution in [0.15, 0.2) is 35.1 Å². The lowest BCUT2D eigenvalue weighted by Gasteiger charge is -2.38. The summed E-state index contributed by atoms with van der Waals surface area (Å²) in [5, 5.41) is 18.9. The van der Waals surface area contributed by atoms with E-state index in [4.69, 9.17) is 4.52 Å². The number of halogens is 3. The molecule has 4 heterocycles. The van der Waals surface area contributed by atoms with Gasteiger partial charge in [-0.2, -0.15) is 13.2 Å². The largest absolute Gasteiger partial charge is 0.530 e. The van der Waals surface area contributed by atoms with Gasteiger partial charge in [0.15, 0.2) is 0 Å². The number of aromatic amines is 1. The number of anilines is 1. The molecule has 3 aromatic heterocycles. The van der Waals surface area contributed by atoms with Gasteiger partial charge in [-0.1, -0.05) is 24.2 Å². The van der Waals surface area contributed by atoms with Crippen LogP contribution in [-0.2, 0) is 6.18 Å². The summed E-state index contributed by atoms with van der Waals surface area (Å²) in [5.41, 5.74) is 2.01. The Kier molecular flexibility index (Phi) is 6.04. The Labute approximate surface area is 209 Å². The Morgan fingerprint density at radius 1 is 1.30 bits per heavy atom. The standard InChI is InChI=1S/C25H25F3N6O3/c1-12-6-7-34(24(35)36)11-20(12)31-23-30-10-18(25(26,27)28)22(32-23)17-9-29-19-8-15(4-5-16(17)19)21-13(2)33-37-14(21)3/h4-5,8-10,12,20,29H,6-7,11H2,1-3H3,(H,35,36)(H,30,31,32)/p-1. The lowest BCUT2D eigenvalue weighted by atomic mass is 9.94. The number of piperidine rings is 1. The van der Waals surface area contributed by atoms with Crippen molar-refractivity contribution in [3.8, 4) is 22.4 Å². The topological polar surface area (TPSA) is 123 Å². The minimum absolute atomic E-state index is 0.0123. The average molecular weight is 514 g/mol. The second-order valence-electron chi connectivity index (χ2n) is 9.34. The minimum Gasteiger partial charge on any atom is -0.530 e. The van der Waals surface area contributed by atoms with Crippen LogP contribution in [0.2, 0.25) is 0 Å². The molecule has 2 atom stereocenters. The predicted octanol–water partition coefficient (Wildman–Crippen LogP) is 4.38. The number of alkyl halides is 3. The highest BCUT2D eigenvalue weighted by Gasteiger charge is 2.36. The molecule has 0 spiro atoms. The van der Waals surface area contributed by atoms with E-state index in [0.29, 0.717) is 35.3 Å². The van der Waals surface area contributed by atoms with Crippen LogP contribution in [0.1, 0.15) is 30.4 Å². The van der Waals surface area contributed by atoms with Gasteiger partial charge in [0, 0.05) is 53.6 Å². The van der Waals surface area contributed by atoms with Crippen LogP contribution in [0.5, 0.6) is 0 Å². The number of carbonyl (C=O) groups is 1. The normalized spacial score (nSPS) is 18.4.